The molecule has 3 heteroatoms. The van der Waals surface area contributed by atoms with E-state index in [1.165, 1.54) is 21.9 Å². The average Bonchev–Trinajstić information content (AvgIpc) is 1.70. The summed E-state index contributed by atoms with van der Waals surface area (Å²) in [5, 5.41) is 20.1. The lowest BCUT2D eigenvalue weighted by Gasteiger charge is -2.19. The van der Waals surface area contributed by atoms with Gasteiger partial charge in [0, 0.05) is 32.7 Å². The summed E-state index contributed by atoms with van der Waals surface area (Å²) in [5.74, 6) is 0. The molecule has 19 rings (SSSR count). The fourth-order valence-electron chi connectivity index (χ4n) is 14.6. The molecule has 0 saturated carbocycles. The summed E-state index contributed by atoms with van der Waals surface area (Å²) in [4.78, 5) is 0. The predicted octanol–water partition coefficient (Wildman–Crippen LogP) is 26.7. The summed E-state index contributed by atoms with van der Waals surface area (Å²) in [7, 11) is 0. The zero-order valence-electron chi connectivity index (χ0n) is 63.5. The molecule has 0 saturated heterocycles. The van der Waals surface area contributed by atoms with Gasteiger partial charge in [0.2, 0.25) is 0 Å². The first-order valence-corrected chi connectivity index (χ1v) is 32.4. The summed E-state index contributed by atoms with van der Waals surface area (Å²) in [6.45, 7) is 0. The fourth-order valence-corrected chi connectivity index (χ4v) is 14.6. The SMILES string of the molecule is N#Cc1ccc2c(-c3ccc(-c4ccc5oc6ccccc6c5c4-c4ccccc4)cc3)c3ccccc3c(-c3ccccc3)c2c1.[2H]c1c([2H])c([2H])c(-c2c3ccccc3c(-c3ccc(-c4c([2H])c([2H])c5oc6c([2H])c([2H])c([2H])c([2H])c6c5c4-c4ccccc4)cc3)c3ccc(-c4ccccc4)cc23)c([2H])c1[2H]. The van der Waals surface area contributed by atoms with Crippen molar-refractivity contribution >= 4 is 87.0 Å². The molecule has 3 nitrogen and oxygen atoms in total. The minimum atomic E-state index is -0.465. The number of fused-ring (bicyclic) bond motifs is 10. The second-order valence-electron chi connectivity index (χ2n) is 24.3. The summed E-state index contributed by atoms with van der Waals surface area (Å²) in [6, 6.07) is 96.3. The molecule has 0 aliphatic heterocycles. The molecule has 0 N–H and O–H groups in total. The Kier molecular flexibility index (Phi) is 11.6. The van der Waals surface area contributed by atoms with Crippen molar-refractivity contribution in [3.8, 4) is 106 Å². The van der Waals surface area contributed by atoms with Crippen molar-refractivity contribution in [1.82, 2.24) is 0 Å². The minimum absolute atomic E-state index is 0.00300. The van der Waals surface area contributed by atoms with Gasteiger partial charge >= 0.3 is 0 Å². The molecule has 0 spiro atoms. The molecule has 98 heavy (non-hydrogen) atoms. The Morgan fingerprint density at radius 1 is 0.224 bits per heavy atom. The highest BCUT2D eigenvalue weighted by atomic mass is 16.3. The molecule has 0 aliphatic carbocycles. The van der Waals surface area contributed by atoms with E-state index in [-0.39, 0.29) is 58.4 Å². The second kappa shape index (κ2) is 24.3. The van der Waals surface area contributed by atoms with Crippen molar-refractivity contribution in [2.75, 3.05) is 0 Å². The van der Waals surface area contributed by atoms with Gasteiger partial charge in [-0.2, -0.15) is 5.26 Å². The van der Waals surface area contributed by atoms with E-state index < -0.39 is 30.2 Å². The lowest BCUT2D eigenvalue weighted by Crippen LogP contribution is -1.92. The topological polar surface area (TPSA) is 50.1 Å². The average molecular weight is 1260 g/mol. The molecule has 0 atom stereocenters. The van der Waals surface area contributed by atoms with Crippen LogP contribution in [-0.4, -0.2) is 0 Å². The third-order valence-corrected chi connectivity index (χ3v) is 18.8. The van der Waals surface area contributed by atoms with E-state index in [2.05, 4.69) is 140 Å². The molecule has 19 aromatic rings. The standard InChI is InChI=1S/C50H32O.C45H27NO/c1-4-14-33(15-5-1)38-28-29-42-44(32-38)48(35-16-6-2-7-17-35)41-21-11-10-20-40(41)47(42)37-26-24-34(25-27-37)39-30-31-46-50(43-22-12-13-23-45(43)51-46)49(39)36-18-8-3-9-19-36;46-28-29-19-24-37-39(27-29)43(31-11-3-1-4-12-31)36-16-8-7-15-35(36)42(37)33-22-20-30(21-23-33)34-25-26-41-45(38-17-9-10-18-40(38)47-41)44(34)32-13-5-2-6-14-32/h1-32H;1-27H/i2D,6D,7D,12D,13D,16D,17D,22D,23D,30D,31D;. The Labute approximate surface area is 582 Å². The zero-order chi connectivity index (χ0) is 74.6. The molecule has 0 fully saturated rings. The van der Waals surface area contributed by atoms with Gasteiger partial charge in [0.25, 0.3) is 0 Å². The summed E-state index contributed by atoms with van der Waals surface area (Å²) < 4.78 is 109. The number of hydrogen-bond acceptors (Lipinski definition) is 3. The van der Waals surface area contributed by atoms with Crippen LogP contribution < -0.4 is 0 Å². The third-order valence-electron chi connectivity index (χ3n) is 18.8. The van der Waals surface area contributed by atoms with Crippen molar-refractivity contribution < 1.29 is 23.9 Å². The smallest absolute Gasteiger partial charge is 0.136 e. The first-order chi connectivity index (χ1) is 53.2. The number of hydrogen-bond donors (Lipinski definition) is 0. The normalized spacial score (nSPS) is 13.0. The van der Waals surface area contributed by atoms with Crippen molar-refractivity contribution in [3.05, 3.63) is 363 Å². The van der Waals surface area contributed by atoms with Crippen LogP contribution in [0.2, 0.25) is 0 Å². The maximum atomic E-state index is 9.86. The summed E-state index contributed by atoms with van der Waals surface area (Å²) in [6.07, 6.45) is 0. The van der Waals surface area contributed by atoms with Gasteiger partial charge in [-0.15, -0.1) is 0 Å². The van der Waals surface area contributed by atoms with Crippen LogP contribution in [0.3, 0.4) is 0 Å². The van der Waals surface area contributed by atoms with Crippen molar-refractivity contribution in [1.29, 1.82) is 5.26 Å². The van der Waals surface area contributed by atoms with E-state index in [9.17, 15) is 6.63 Å². The number of furan rings is 2. The highest BCUT2D eigenvalue weighted by Crippen LogP contribution is 2.50. The highest BCUT2D eigenvalue weighted by Gasteiger charge is 2.23. The fraction of sp³-hybridized carbons (Fsp3) is 0. The predicted molar refractivity (Wildman–Crippen MR) is 411 cm³/mol. The molecule has 0 aliphatic rings. The van der Waals surface area contributed by atoms with Gasteiger partial charge in [0.15, 0.2) is 0 Å². The van der Waals surface area contributed by atoms with Crippen LogP contribution in [0, 0.1) is 11.3 Å². The van der Waals surface area contributed by atoms with Gasteiger partial charge in [-0.3, -0.25) is 0 Å². The van der Waals surface area contributed by atoms with Crippen LogP contribution in [0.25, 0.3) is 187 Å². The Balaban J connectivity index is 0.000000159. The second-order valence-corrected chi connectivity index (χ2v) is 24.3. The van der Waals surface area contributed by atoms with E-state index in [0.29, 0.717) is 49.5 Å². The first kappa shape index (κ1) is 46.9. The lowest BCUT2D eigenvalue weighted by atomic mass is 9.84. The number of nitrogens with zero attached hydrogens (tertiary/aromatic N) is 1. The van der Waals surface area contributed by atoms with Crippen LogP contribution in [0.1, 0.15) is 20.6 Å². The van der Waals surface area contributed by atoms with Gasteiger partial charge in [0.1, 0.15) is 22.3 Å². The molecule has 0 bridgehead atoms. The highest BCUT2D eigenvalue weighted by molar-refractivity contribution is 6.24. The molecule has 456 valence electrons. The van der Waals surface area contributed by atoms with Crippen LogP contribution in [0.5, 0.6) is 0 Å². The van der Waals surface area contributed by atoms with Gasteiger partial charge in [-0.25, -0.2) is 0 Å². The van der Waals surface area contributed by atoms with Gasteiger partial charge in [0.05, 0.1) is 26.7 Å². The van der Waals surface area contributed by atoms with Crippen LogP contribution in [-0.2, 0) is 0 Å². The molecule has 17 aromatic carbocycles. The van der Waals surface area contributed by atoms with Crippen molar-refractivity contribution in [2.45, 2.75) is 0 Å². The van der Waals surface area contributed by atoms with Crippen molar-refractivity contribution in [3.63, 3.8) is 0 Å². The number of nitriles is 1. The largest absolute Gasteiger partial charge is 0.456 e. The Bertz CT molecular complexity index is 6990. The van der Waals surface area contributed by atoms with Crippen LogP contribution >= 0.6 is 0 Å². The Morgan fingerprint density at radius 2 is 0.633 bits per heavy atom. The zero-order valence-corrected chi connectivity index (χ0v) is 52.5. The Hall–Kier alpha value is -13.1. The molecule has 0 radical (unpaired) electrons. The van der Waals surface area contributed by atoms with E-state index in [4.69, 9.17) is 22.5 Å². The molecular weight excluding hydrogens is 1190 g/mol. The van der Waals surface area contributed by atoms with Crippen LogP contribution in [0.15, 0.2) is 366 Å². The molecule has 0 unspecified atom stereocenters. The van der Waals surface area contributed by atoms with Crippen molar-refractivity contribution in [2.24, 2.45) is 0 Å². The quantitative estimate of drug-likeness (QED) is 0.135. The summed E-state index contributed by atoms with van der Waals surface area (Å²) in [5.41, 5.74) is 17.9. The molecule has 2 heterocycles. The molecule has 2 aromatic heterocycles. The maximum absolute atomic E-state index is 9.86. The monoisotopic (exact) mass is 1260 g/mol. The maximum Gasteiger partial charge on any atom is 0.136 e. The van der Waals surface area contributed by atoms with E-state index >= 15 is 0 Å². The minimum Gasteiger partial charge on any atom is -0.456 e. The number of para-hydroxylation sites is 2. The summed E-state index contributed by atoms with van der Waals surface area (Å²) >= 11 is 0. The van der Waals surface area contributed by atoms with Gasteiger partial charge in [-0.05, 0) is 175 Å². The van der Waals surface area contributed by atoms with Gasteiger partial charge < -0.3 is 8.83 Å². The van der Waals surface area contributed by atoms with E-state index in [0.717, 1.165) is 99.1 Å². The first-order valence-electron chi connectivity index (χ1n) is 37.9. The van der Waals surface area contributed by atoms with Gasteiger partial charge in [-0.1, -0.05) is 315 Å². The van der Waals surface area contributed by atoms with Crippen LogP contribution in [0.4, 0.5) is 0 Å². The Morgan fingerprint density at radius 3 is 1.22 bits per heavy atom. The number of rotatable bonds is 9. The van der Waals surface area contributed by atoms with E-state index in [1.54, 1.807) is 0 Å². The van der Waals surface area contributed by atoms with E-state index in [1.807, 2.05) is 158 Å². The lowest BCUT2D eigenvalue weighted by molar-refractivity contribution is 0.668. The third kappa shape index (κ3) is 9.90. The number of benzene rings is 17. The molecule has 0 amide bonds. The molecular formula is C95H59NO2.